The molecule has 0 bridgehead atoms. The second-order valence-electron chi connectivity index (χ2n) is 4.21. The Morgan fingerprint density at radius 3 is 2.18 bits per heavy atom. The largest absolute Gasteiger partial charge is 0.333 e. The van der Waals surface area contributed by atoms with E-state index in [2.05, 4.69) is 21.2 Å². The molecule has 0 saturated heterocycles. The van der Waals surface area contributed by atoms with Crippen LogP contribution >= 0.6 is 28.1 Å². The predicted molar refractivity (Wildman–Crippen MR) is 91.1 cm³/mol. The van der Waals surface area contributed by atoms with E-state index in [0.29, 0.717) is 5.56 Å². The zero-order chi connectivity index (χ0) is 16.2. The summed E-state index contributed by atoms with van der Waals surface area (Å²) in [6, 6.07) is 13.6. The van der Waals surface area contributed by atoms with Crippen LogP contribution < -0.4 is 10.0 Å². The zero-order valence-electron chi connectivity index (χ0n) is 11.1. The molecule has 2 amide bonds. The molecule has 114 valence electrons. The van der Waals surface area contributed by atoms with E-state index in [4.69, 9.17) is 12.2 Å². The highest BCUT2D eigenvalue weighted by Crippen LogP contribution is 2.11. The molecule has 2 aromatic carbocycles. The third-order valence-corrected chi connectivity index (χ3v) is 4.83. The van der Waals surface area contributed by atoms with Crippen LogP contribution in [0.25, 0.3) is 0 Å². The van der Waals surface area contributed by atoms with Gasteiger partial charge < -0.3 is 0 Å². The Hall–Kier alpha value is -1.77. The van der Waals surface area contributed by atoms with Gasteiger partial charge in [-0.15, -0.1) is 0 Å². The predicted octanol–water partition coefficient (Wildman–Crippen LogP) is 2.81. The van der Waals surface area contributed by atoms with Crippen molar-refractivity contribution in [2.45, 2.75) is 4.90 Å². The number of amides is 2. The second kappa shape index (κ2) is 6.99. The van der Waals surface area contributed by atoms with E-state index < -0.39 is 16.1 Å². The smallest absolute Gasteiger partial charge is 0.297 e. The highest BCUT2D eigenvalue weighted by atomic mass is 79.9. The molecule has 0 aliphatic carbocycles. The Balaban J connectivity index is 2.04. The van der Waals surface area contributed by atoms with Gasteiger partial charge >= 0.3 is 6.03 Å². The molecule has 5 nitrogen and oxygen atoms in total. The zero-order valence-corrected chi connectivity index (χ0v) is 14.3. The van der Waals surface area contributed by atoms with Crippen LogP contribution in [0.4, 0.5) is 4.79 Å². The molecule has 0 saturated carbocycles. The Morgan fingerprint density at radius 1 is 1.00 bits per heavy atom. The molecule has 2 rings (SSSR count). The summed E-state index contributed by atoms with van der Waals surface area (Å²) in [6.45, 7) is 0. The van der Waals surface area contributed by atoms with Crippen molar-refractivity contribution in [2.75, 3.05) is 0 Å². The summed E-state index contributed by atoms with van der Waals surface area (Å²) in [4.78, 5) is 11.9. The van der Waals surface area contributed by atoms with Crippen LogP contribution in [-0.2, 0) is 10.0 Å². The third kappa shape index (κ3) is 4.36. The Bertz CT molecular complexity index is 791. The van der Waals surface area contributed by atoms with Crippen molar-refractivity contribution >= 4 is 49.2 Å². The molecule has 2 aromatic rings. The lowest BCUT2D eigenvalue weighted by atomic mass is 10.2. The van der Waals surface area contributed by atoms with Crippen LogP contribution in [0.2, 0.25) is 0 Å². The van der Waals surface area contributed by atoms with E-state index in [-0.39, 0.29) is 9.88 Å². The van der Waals surface area contributed by atoms with E-state index in [1.54, 1.807) is 42.5 Å². The normalized spacial score (nSPS) is 10.8. The first kappa shape index (κ1) is 16.6. The monoisotopic (exact) mass is 398 g/mol. The highest BCUT2D eigenvalue weighted by Gasteiger charge is 2.17. The number of hydrogen-bond donors (Lipinski definition) is 2. The van der Waals surface area contributed by atoms with Gasteiger partial charge in [-0.05, 0) is 24.3 Å². The molecule has 8 heteroatoms. The summed E-state index contributed by atoms with van der Waals surface area (Å²) in [5.74, 6) is 0. The van der Waals surface area contributed by atoms with Gasteiger partial charge in [0.2, 0.25) is 0 Å². The SMILES string of the molecule is O=C(NC(=S)c1ccc(Br)cc1)NS(=O)(=O)c1ccccc1. The van der Waals surface area contributed by atoms with Gasteiger partial charge in [0.25, 0.3) is 10.0 Å². The van der Waals surface area contributed by atoms with Gasteiger partial charge in [-0.3, -0.25) is 5.32 Å². The number of hydrogen-bond acceptors (Lipinski definition) is 4. The van der Waals surface area contributed by atoms with Crippen molar-refractivity contribution in [3.05, 3.63) is 64.6 Å². The lowest BCUT2D eigenvalue weighted by Gasteiger charge is -2.09. The lowest BCUT2D eigenvalue weighted by molar-refractivity contribution is 0.250. The molecule has 2 N–H and O–H groups in total. The number of carbonyl (C=O) groups is 1. The highest BCUT2D eigenvalue weighted by molar-refractivity contribution is 9.10. The molecule has 0 spiro atoms. The van der Waals surface area contributed by atoms with Gasteiger partial charge in [0.15, 0.2) is 0 Å². The van der Waals surface area contributed by atoms with Crippen LogP contribution in [-0.4, -0.2) is 19.4 Å². The van der Waals surface area contributed by atoms with Gasteiger partial charge in [-0.25, -0.2) is 17.9 Å². The third-order valence-electron chi connectivity index (χ3n) is 2.61. The van der Waals surface area contributed by atoms with Gasteiger partial charge in [0.1, 0.15) is 4.99 Å². The van der Waals surface area contributed by atoms with E-state index in [0.717, 1.165) is 4.47 Å². The number of thiocarbonyl (C=S) groups is 1. The van der Waals surface area contributed by atoms with Crippen LogP contribution in [0, 0.1) is 0 Å². The molecular formula is C14H11BrN2O3S2. The maximum atomic E-state index is 12.0. The summed E-state index contributed by atoms with van der Waals surface area (Å²) in [5, 5.41) is 2.33. The topological polar surface area (TPSA) is 75.3 Å². The first-order valence-corrected chi connectivity index (χ1v) is 8.76. The van der Waals surface area contributed by atoms with Crippen LogP contribution in [0.15, 0.2) is 64.0 Å². The summed E-state index contributed by atoms with van der Waals surface area (Å²) < 4.78 is 26.7. The Kier molecular flexibility index (Phi) is 5.28. The molecule has 0 unspecified atom stereocenters. The maximum absolute atomic E-state index is 12.0. The summed E-state index contributed by atoms with van der Waals surface area (Å²) in [6.07, 6.45) is 0. The van der Waals surface area contributed by atoms with Gasteiger partial charge in [-0.1, -0.05) is 58.5 Å². The summed E-state index contributed by atoms with van der Waals surface area (Å²) in [5.41, 5.74) is 0.602. The first-order chi connectivity index (χ1) is 10.4. The number of carbonyl (C=O) groups excluding carboxylic acids is 1. The molecular weight excluding hydrogens is 388 g/mol. The lowest BCUT2D eigenvalue weighted by Crippen LogP contribution is -2.42. The Morgan fingerprint density at radius 2 is 1.59 bits per heavy atom. The van der Waals surface area contributed by atoms with E-state index in [1.165, 1.54) is 12.1 Å². The molecule has 0 atom stereocenters. The minimum atomic E-state index is -3.92. The van der Waals surface area contributed by atoms with Crippen molar-refractivity contribution in [1.82, 2.24) is 10.0 Å². The number of benzene rings is 2. The average molecular weight is 399 g/mol. The fraction of sp³-hybridized carbons (Fsp3) is 0. The van der Waals surface area contributed by atoms with E-state index in [9.17, 15) is 13.2 Å². The number of nitrogens with one attached hydrogen (secondary N) is 2. The van der Waals surface area contributed by atoms with Crippen LogP contribution in [0.5, 0.6) is 0 Å². The standard InChI is InChI=1S/C14H11BrN2O3S2/c15-11-8-6-10(7-9-11)13(21)16-14(18)17-22(19,20)12-4-2-1-3-5-12/h1-9H,(H2,16,17,18,21). The first-order valence-electron chi connectivity index (χ1n) is 6.07. The van der Waals surface area contributed by atoms with E-state index >= 15 is 0 Å². The van der Waals surface area contributed by atoms with Crippen molar-refractivity contribution in [2.24, 2.45) is 0 Å². The fourth-order valence-corrected chi connectivity index (χ4v) is 3.00. The maximum Gasteiger partial charge on any atom is 0.333 e. The molecule has 0 aliphatic heterocycles. The minimum absolute atomic E-state index is 0.000268. The summed E-state index contributed by atoms with van der Waals surface area (Å²) in [7, 11) is -3.92. The molecule has 0 radical (unpaired) electrons. The number of urea groups is 1. The van der Waals surface area contributed by atoms with Crippen molar-refractivity contribution in [1.29, 1.82) is 0 Å². The van der Waals surface area contributed by atoms with Gasteiger partial charge in [0.05, 0.1) is 4.90 Å². The molecule has 0 fully saturated rings. The van der Waals surface area contributed by atoms with E-state index in [1.807, 2.05) is 4.72 Å². The fourth-order valence-electron chi connectivity index (χ4n) is 1.58. The van der Waals surface area contributed by atoms with Crippen molar-refractivity contribution in [3.63, 3.8) is 0 Å². The summed E-state index contributed by atoms with van der Waals surface area (Å²) >= 11 is 8.35. The van der Waals surface area contributed by atoms with Gasteiger partial charge in [0, 0.05) is 10.0 Å². The Labute approximate surface area is 141 Å². The number of halogens is 1. The second-order valence-corrected chi connectivity index (χ2v) is 7.22. The molecule has 0 aromatic heterocycles. The quantitative estimate of drug-likeness (QED) is 0.779. The molecule has 22 heavy (non-hydrogen) atoms. The van der Waals surface area contributed by atoms with Crippen LogP contribution in [0.3, 0.4) is 0 Å². The van der Waals surface area contributed by atoms with Crippen LogP contribution in [0.1, 0.15) is 5.56 Å². The van der Waals surface area contributed by atoms with Crippen molar-refractivity contribution in [3.8, 4) is 0 Å². The molecule has 0 aliphatic rings. The minimum Gasteiger partial charge on any atom is -0.297 e. The molecule has 0 heterocycles. The van der Waals surface area contributed by atoms with Gasteiger partial charge in [-0.2, -0.15) is 0 Å². The number of rotatable bonds is 3. The number of sulfonamides is 1. The van der Waals surface area contributed by atoms with Crippen molar-refractivity contribution < 1.29 is 13.2 Å². The average Bonchev–Trinajstić information content (AvgIpc) is 2.48.